The number of amides is 3. The van der Waals surface area contributed by atoms with Crippen LogP contribution < -0.4 is 20.7 Å². The zero-order valence-electron chi connectivity index (χ0n) is 21.2. The highest BCUT2D eigenvalue weighted by atomic mass is 19.1. The molecule has 5 N–H and O–H groups in total. The number of ether oxygens (including phenoxy) is 1. The summed E-state index contributed by atoms with van der Waals surface area (Å²) in [5, 5.41) is 25.2. The van der Waals surface area contributed by atoms with E-state index in [0.29, 0.717) is 17.2 Å². The molecule has 0 spiro atoms. The summed E-state index contributed by atoms with van der Waals surface area (Å²) in [5.41, 5.74) is -1.41. The van der Waals surface area contributed by atoms with Crippen molar-refractivity contribution < 1.29 is 48.1 Å². The van der Waals surface area contributed by atoms with Gasteiger partial charge in [0.1, 0.15) is 35.7 Å². The van der Waals surface area contributed by atoms with Crippen molar-refractivity contribution in [1.29, 1.82) is 0 Å². The number of Topliss-reactive ketones (excluding diaryl/α,β-unsaturated/α-hetero) is 1. The SMILES string of the molecule is O=C(O)CCC(NC(=O)C1(C(=O)NC(CC(=O)O)C(=O)CF)CC1)C(=O)Nc1cccc(Oc2ccccc2)c1. The minimum Gasteiger partial charge on any atom is -0.481 e. The van der Waals surface area contributed by atoms with Crippen LogP contribution in [0.1, 0.15) is 32.1 Å². The molecule has 13 heteroatoms. The molecule has 3 amide bonds. The lowest BCUT2D eigenvalue weighted by Crippen LogP contribution is -2.53. The van der Waals surface area contributed by atoms with Crippen LogP contribution in [0.4, 0.5) is 10.1 Å². The van der Waals surface area contributed by atoms with Crippen LogP contribution in [0.3, 0.4) is 0 Å². The number of benzene rings is 2. The summed E-state index contributed by atoms with van der Waals surface area (Å²) in [7, 11) is 0. The van der Waals surface area contributed by atoms with E-state index in [1.54, 1.807) is 42.5 Å². The van der Waals surface area contributed by atoms with E-state index >= 15 is 0 Å². The highest BCUT2D eigenvalue weighted by Crippen LogP contribution is 2.46. The smallest absolute Gasteiger partial charge is 0.305 e. The van der Waals surface area contributed by atoms with Gasteiger partial charge in [0.25, 0.3) is 0 Å². The van der Waals surface area contributed by atoms with E-state index in [0.717, 1.165) is 0 Å². The molecule has 2 aromatic carbocycles. The molecule has 3 rings (SSSR count). The van der Waals surface area contributed by atoms with Crippen LogP contribution in [0.15, 0.2) is 54.6 Å². The first-order valence-electron chi connectivity index (χ1n) is 12.3. The predicted octanol–water partition coefficient (Wildman–Crippen LogP) is 2.05. The number of aliphatic carboxylic acids is 2. The number of hydrogen-bond acceptors (Lipinski definition) is 7. The first kappa shape index (κ1) is 29.7. The molecule has 1 saturated carbocycles. The van der Waals surface area contributed by atoms with Crippen LogP contribution in [0, 0.1) is 5.41 Å². The number of para-hydroxylation sites is 1. The Bertz CT molecular complexity index is 1280. The molecule has 0 heterocycles. The number of carbonyl (C=O) groups excluding carboxylic acids is 4. The lowest BCUT2D eigenvalue weighted by atomic mass is 10.0. The minimum atomic E-state index is -1.71. The van der Waals surface area contributed by atoms with Gasteiger partial charge in [-0.05, 0) is 43.5 Å². The summed E-state index contributed by atoms with van der Waals surface area (Å²) in [5.74, 6) is -5.51. The summed E-state index contributed by atoms with van der Waals surface area (Å²) in [4.78, 5) is 72.9. The largest absolute Gasteiger partial charge is 0.481 e. The second-order valence-electron chi connectivity index (χ2n) is 9.20. The van der Waals surface area contributed by atoms with Crippen molar-refractivity contribution in [1.82, 2.24) is 10.6 Å². The Hall–Kier alpha value is -4.81. The van der Waals surface area contributed by atoms with E-state index < -0.39 is 72.5 Å². The average molecular weight is 558 g/mol. The average Bonchev–Trinajstić information content (AvgIpc) is 3.73. The van der Waals surface area contributed by atoms with E-state index in [1.165, 1.54) is 6.07 Å². The van der Waals surface area contributed by atoms with Crippen LogP contribution in [-0.2, 0) is 28.8 Å². The third-order valence-corrected chi connectivity index (χ3v) is 6.17. The van der Waals surface area contributed by atoms with Crippen LogP contribution in [0.5, 0.6) is 11.5 Å². The van der Waals surface area contributed by atoms with Crippen molar-refractivity contribution in [3.63, 3.8) is 0 Å². The molecule has 2 aromatic rings. The first-order chi connectivity index (χ1) is 19.0. The van der Waals surface area contributed by atoms with Gasteiger partial charge in [-0.3, -0.25) is 28.8 Å². The summed E-state index contributed by atoms with van der Waals surface area (Å²) >= 11 is 0. The molecule has 12 nitrogen and oxygen atoms in total. The molecular weight excluding hydrogens is 529 g/mol. The molecule has 40 heavy (non-hydrogen) atoms. The van der Waals surface area contributed by atoms with Crippen molar-refractivity contribution >= 4 is 41.1 Å². The van der Waals surface area contributed by atoms with Gasteiger partial charge in [0.05, 0.1) is 6.42 Å². The third kappa shape index (κ3) is 8.09. The van der Waals surface area contributed by atoms with Gasteiger partial charge < -0.3 is 30.9 Å². The topological polar surface area (TPSA) is 188 Å². The van der Waals surface area contributed by atoms with Gasteiger partial charge in [0.15, 0.2) is 5.78 Å². The Morgan fingerprint density at radius 1 is 0.850 bits per heavy atom. The lowest BCUT2D eigenvalue weighted by molar-refractivity contribution is -0.143. The van der Waals surface area contributed by atoms with Crippen molar-refractivity contribution in [2.24, 2.45) is 5.41 Å². The molecular formula is C27H28FN3O9. The van der Waals surface area contributed by atoms with Crippen molar-refractivity contribution in [2.45, 2.75) is 44.2 Å². The zero-order chi connectivity index (χ0) is 29.3. The van der Waals surface area contributed by atoms with E-state index in [4.69, 9.17) is 14.9 Å². The second-order valence-corrected chi connectivity index (χ2v) is 9.20. The van der Waals surface area contributed by atoms with Crippen LogP contribution in [-0.4, -0.2) is 64.4 Å². The molecule has 0 saturated heterocycles. The van der Waals surface area contributed by atoms with Crippen molar-refractivity contribution in [3.8, 4) is 11.5 Å². The van der Waals surface area contributed by atoms with Crippen LogP contribution >= 0.6 is 0 Å². The van der Waals surface area contributed by atoms with Gasteiger partial charge in [-0.15, -0.1) is 0 Å². The molecule has 2 unspecified atom stereocenters. The Morgan fingerprint density at radius 3 is 2.05 bits per heavy atom. The quantitative estimate of drug-likeness (QED) is 0.204. The van der Waals surface area contributed by atoms with Gasteiger partial charge >= 0.3 is 11.9 Å². The molecule has 0 radical (unpaired) electrons. The maximum atomic E-state index is 13.1. The van der Waals surface area contributed by atoms with E-state index in [9.17, 15) is 33.2 Å². The Balaban J connectivity index is 1.70. The highest BCUT2D eigenvalue weighted by Gasteiger charge is 2.57. The molecule has 0 aliphatic heterocycles. The molecule has 212 valence electrons. The van der Waals surface area contributed by atoms with Gasteiger partial charge in [-0.1, -0.05) is 24.3 Å². The maximum Gasteiger partial charge on any atom is 0.305 e. The number of ketones is 1. The van der Waals surface area contributed by atoms with Crippen molar-refractivity contribution in [3.05, 3.63) is 54.6 Å². The summed E-state index contributed by atoms with van der Waals surface area (Å²) < 4.78 is 18.6. The fourth-order valence-electron chi connectivity index (χ4n) is 3.82. The monoisotopic (exact) mass is 557 g/mol. The van der Waals surface area contributed by atoms with Crippen LogP contribution in [0.25, 0.3) is 0 Å². The Morgan fingerprint density at radius 2 is 1.48 bits per heavy atom. The second kappa shape index (κ2) is 13.3. The number of rotatable bonds is 15. The zero-order valence-corrected chi connectivity index (χ0v) is 21.2. The number of hydrogen-bond donors (Lipinski definition) is 5. The standard InChI is InChI=1S/C27H28FN3O9/c28-15-21(32)20(14-23(35)36)31-26(39)27(11-12-27)25(38)30-19(9-10-22(33)34)24(37)29-16-5-4-8-18(13-16)40-17-6-2-1-3-7-17/h1-8,13,19-20H,9-12,14-15H2,(H,29,37)(H,30,38)(H,31,39)(H,33,34)(H,35,36). The van der Waals surface area contributed by atoms with E-state index in [2.05, 4.69) is 16.0 Å². The van der Waals surface area contributed by atoms with Gasteiger partial charge in [0, 0.05) is 18.2 Å². The Kier molecular flexibility index (Phi) is 9.90. The highest BCUT2D eigenvalue weighted by molar-refractivity contribution is 6.10. The first-order valence-corrected chi connectivity index (χ1v) is 12.3. The van der Waals surface area contributed by atoms with Crippen LogP contribution in [0.2, 0.25) is 0 Å². The number of anilines is 1. The fraction of sp³-hybridized carbons (Fsp3) is 0.333. The number of nitrogens with one attached hydrogen (secondary N) is 3. The van der Waals surface area contributed by atoms with E-state index in [-0.39, 0.29) is 19.3 Å². The normalized spacial score (nSPS) is 14.6. The Labute approximate surface area is 227 Å². The lowest BCUT2D eigenvalue weighted by Gasteiger charge is -2.23. The van der Waals surface area contributed by atoms with Gasteiger partial charge in [-0.25, -0.2) is 4.39 Å². The maximum absolute atomic E-state index is 13.1. The number of carbonyl (C=O) groups is 6. The molecule has 1 fully saturated rings. The van der Waals surface area contributed by atoms with Crippen molar-refractivity contribution in [2.75, 3.05) is 12.0 Å². The fourth-order valence-corrected chi connectivity index (χ4v) is 3.82. The predicted molar refractivity (Wildman–Crippen MR) is 137 cm³/mol. The number of halogens is 1. The molecule has 0 aromatic heterocycles. The third-order valence-electron chi connectivity index (χ3n) is 6.17. The summed E-state index contributed by atoms with van der Waals surface area (Å²) in [6, 6.07) is 12.2. The molecule has 2 atom stereocenters. The number of carboxylic acids is 2. The number of carboxylic acid groups (broad SMARTS) is 2. The summed E-state index contributed by atoms with van der Waals surface area (Å²) in [6.07, 6.45) is -1.59. The van der Waals surface area contributed by atoms with Gasteiger partial charge in [-0.2, -0.15) is 0 Å². The molecule has 1 aliphatic rings. The summed E-state index contributed by atoms with van der Waals surface area (Å²) in [6.45, 7) is -1.51. The minimum absolute atomic E-state index is 0.0282. The molecule has 1 aliphatic carbocycles. The molecule has 0 bridgehead atoms. The van der Waals surface area contributed by atoms with E-state index in [1.807, 2.05) is 6.07 Å². The van der Waals surface area contributed by atoms with Gasteiger partial charge in [0.2, 0.25) is 17.7 Å². The number of alkyl halides is 1.